The number of hydrogen-bond acceptors (Lipinski definition) is 3. The average molecular weight is 207 g/mol. The van der Waals surface area contributed by atoms with Crippen LogP contribution >= 0.6 is 0 Å². The molecular weight excluding hydrogens is 190 g/mol. The molecule has 0 amide bonds. The molecule has 1 aliphatic rings. The van der Waals surface area contributed by atoms with Crippen molar-refractivity contribution in [1.82, 2.24) is 14.9 Å². The van der Waals surface area contributed by atoms with Crippen molar-refractivity contribution in [2.24, 2.45) is 0 Å². The first-order valence-corrected chi connectivity index (χ1v) is 5.47. The molecular formula is C11H17N3O. The number of likely N-dealkylation sites (N-methyl/N-ethyl adjacent to an activating group) is 1. The first-order valence-electron chi connectivity index (χ1n) is 5.47. The zero-order chi connectivity index (χ0) is 10.8. The van der Waals surface area contributed by atoms with Crippen LogP contribution in [0.4, 0.5) is 0 Å². The molecule has 0 radical (unpaired) electrons. The van der Waals surface area contributed by atoms with Gasteiger partial charge in [-0.3, -0.25) is 4.79 Å². The number of imidazole rings is 1. The molecule has 0 saturated carbocycles. The number of aromatic nitrogens is 2. The molecule has 0 saturated heterocycles. The second-order valence-corrected chi connectivity index (χ2v) is 4.15. The number of fused-ring (bicyclic) bond motifs is 1. The SMILES string of the molecule is CNCC(=O)c1cnc2n1CCCC2C. The fourth-order valence-electron chi connectivity index (χ4n) is 2.18. The van der Waals surface area contributed by atoms with Crippen LogP contribution in [0.25, 0.3) is 0 Å². The summed E-state index contributed by atoms with van der Waals surface area (Å²) in [5.74, 6) is 1.68. The number of nitrogens with one attached hydrogen (secondary N) is 1. The van der Waals surface area contributed by atoms with Gasteiger partial charge < -0.3 is 9.88 Å². The normalized spacial score (nSPS) is 20.0. The number of ketones is 1. The van der Waals surface area contributed by atoms with Crippen LogP contribution in [-0.4, -0.2) is 28.9 Å². The lowest BCUT2D eigenvalue weighted by molar-refractivity contribution is 0.0983. The van der Waals surface area contributed by atoms with Crippen molar-refractivity contribution in [2.75, 3.05) is 13.6 Å². The molecule has 0 aliphatic carbocycles. The molecule has 2 rings (SSSR count). The van der Waals surface area contributed by atoms with Gasteiger partial charge in [-0.2, -0.15) is 0 Å². The quantitative estimate of drug-likeness (QED) is 0.757. The van der Waals surface area contributed by atoms with E-state index < -0.39 is 0 Å². The monoisotopic (exact) mass is 207 g/mol. The number of rotatable bonds is 3. The number of carbonyl (C=O) groups excluding carboxylic acids is 1. The van der Waals surface area contributed by atoms with E-state index in [9.17, 15) is 4.79 Å². The number of carbonyl (C=O) groups is 1. The third-order valence-electron chi connectivity index (χ3n) is 2.97. The van der Waals surface area contributed by atoms with Gasteiger partial charge in [0.1, 0.15) is 11.5 Å². The lowest BCUT2D eigenvalue weighted by Crippen LogP contribution is -2.24. The molecule has 4 heteroatoms. The minimum Gasteiger partial charge on any atom is -0.325 e. The highest BCUT2D eigenvalue weighted by Crippen LogP contribution is 2.26. The highest BCUT2D eigenvalue weighted by atomic mass is 16.1. The maximum atomic E-state index is 11.8. The largest absolute Gasteiger partial charge is 0.325 e. The van der Waals surface area contributed by atoms with E-state index in [0.717, 1.165) is 24.5 Å². The predicted octanol–water partition coefficient (Wildman–Crippen LogP) is 1.18. The Kier molecular flexibility index (Phi) is 2.86. The fraction of sp³-hybridized carbons (Fsp3) is 0.636. The average Bonchev–Trinajstić information content (AvgIpc) is 2.63. The van der Waals surface area contributed by atoms with Crippen molar-refractivity contribution >= 4 is 5.78 Å². The molecule has 15 heavy (non-hydrogen) atoms. The van der Waals surface area contributed by atoms with Crippen LogP contribution in [0.2, 0.25) is 0 Å². The summed E-state index contributed by atoms with van der Waals surface area (Å²) in [6.07, 6.45) is 4.04. The van der Waals surface area contributed by atoms with E-state index in [1.54, 1.807) is 13.2 Å². The van der Waals surface area contributed by atoms with Crippen molar-refractivity contribution in [3.8, 4) is 0 Å². The molecule has 1 aromatic heterocycles. The molecule has 1 N–H and O–H groups in total. The van der Waals surface area contributed by atoms with Crippen LogP contribution in [-0.2, 0) is 6.54 Å². The van der Waals surface area contributed by atoms with Gasteiger partial charge in [0.2, 0.25) is 0 Å². The zero-order valence-electron chi connectivity index (χ0n) is 9.29. The van der Waals surface area contributed by atoms with Gasteiger partial charge in [-0.15, -0.1) is 0 Å². The molecule has 4 nitrogen and oxygen atoms in total. The van der Waals surface area contributed by atoms with Crippen LogP contribution < -0.4 is 5.32 Å². The summed E-state index contributed by atoms with van der Waals surface area (Å²) in [5, 5.41) is 2.88. The third kappa shape index (κ3) is 1.81. The molecule has 2 heterocycles. The van der Waals surface area contributed by atoms with Gasteiger partial charge in [-0.25, -0.2) is 4.98 Å². The summed E-state index contributed by atoms with van der Waals surface area (Å²) in [7, 11) is 1.79. The Hall–Kier alpha value is -1.16. The highest BCUT2D eigenvalue weighted by Gasteiger charge is 2.22. The first kappa shape index (κ1) is 10.4. The maximum Gasteiger partial charge on any atom is 0.194 e. The Morgan fingerprint density at radius 3 is 3.27 bits per heavy atom. The lowest BCUT2D eigenvalue weighted by atomic mass is 10.0. The lowest BCUT2D eigenvalue weighted by Gasteiger charge is -2.21. The molecule has 1 atom stereocenters. The van der Waals surface area contributed by atoms with Crippen molar-refractivity contribution in [2.45, 2.75) is 32.2 Å². The van der Waals surface area contributed by atoms with Crippen LogP contribution in [0.3, 0.4) is 0 Å². The maximum absolute atomic E-state index is 11.8. The summed E-state index contributed by atoms with van der Waals surface area (Å²) in [5.41, 5.74) is 0.755. The Labute approximate surface area is 89.7 Å². The van der Waals surface area contributed by atoms with Crippen molar-refractivity contribution in [1.29, 1.82) is 0 Å². The van der Waals surface area contributed by atoms with E-state index in [1.807, 2.05) is 0 Å². The van der Waals surface area contributed by atoms with Gasteiger partial charge in [-0.1, -0.05) is 6.92 Å². The molecule has 0 bridgehead atoms. The van der Waals surface area contributed by atoms with Gasteiger partial charge in [0.15, 0.2) is 5.78 Å². The van der Waals surface area contributed by atoms with E-state index in [1.165, 1.54) is 6.42 Å². The molecule has 82 valence electrons. The first-order chi connectivity index (χ1) is 7.24. The second-order valence-electron chi connectivity index (χ2n) is 4.15. The summed E-state index contributed by atoms with van der Waals surface area (Å²) in [6, 6.07) is 0. The molecule has 1 aliphatic heterocycles. The minimum atomic E-state index is 0.130. The number of nitrogens with zero attached hydrogens (tertiary/aromatic N) is 2. The van der Waals surface area contributed by atoms with E-state index in [4.69, 9.17) is 0 Å². The summed E-state index contributed by atoms with van der Waals surface area (Å²) < 4.78 is 2.08. The molecule has 1 aromatic rings. The van der Waals surface area contributed by atoms with Crippen LogP contribution in [0, 0.1) is 0 Å². The standard InChI is InChI=1S/C11H17N3O/c1-8-4-3-5-14-9(6-13-11(8)14)10(15)7-12-2/h6,8,12H,3-5,7H2,1-2H3. The van der Waals surface area contributed by atoms with Crippen molar-refractivity contribution in [3.63, 3.8) is 0 Å². The van der Waals surface area contributed by atoms with Gasteiger partial charge >= 0.3 is 0 Å². The van der Waals surface area contributed by atoms with Crippen molar-refractivity contribution < 1.29 is 4.79 Å². The second kappa shape index (κ2) is 4.14. The van der Waals surface area contributed by atoms with Crippen LogP contribution in [0.15, 0.2) is 6.20 Å². The van der Waals surface area contributed by atoms with Crippen LogP contribution in [0.5, 0.6) is 0 Å². The van der Waals surface area contributed by atoms with E-state index >= 15 is 0 Å². The van der Waals surface area contributed by atoms with E-state index in [2.05, 4.69) is 21.8 Å². The van der Waals surface area contributed by atoms with Gasteiger partial charge in [0.25, 0.3) is 0 Å². The summed E-state index contributed by atoms with van der Waals surface area (Å²) in [4.78, 5) is 16.1. The number of Topliss-reactive ketones (excluding diaryl/α,β-unsaturated/α-hetero) is 1. The van der Waals surface area contributed by atoms with E-state index in [-0.39, 0.29) is 5.78 Å². The Morgan fingerprint density at radius 2 is 2.53 bits per heavy atom. The zero-order valence-corrected chi connectivity index (χ0v) is 9.29. The number of hydrogen-bond donors (Lipinski definition) is 1. The van der Waals surface area contributed by atoms with Gasteiger partial charge in [0, 0.05) is 12.5 Å². The van der Waals surface area contributed by atoms with Crippen LogP contribution in [0.1, 0.15) is 42.0 Å². The fourth-order valence-corrected chi connectivity index (χ4v) is 2.18. The predicted molar refractivity (Wildman–Crippen MR) is 58.1 cm³/mol. The summed E-state index contributed by atoms with van der Waals surface area (Å²) in [6.45, 7) is 3.49. The molecule has 1 unspecified atom stereocenters. The van der Waals surface area contributed by atoms with Gasteiger partial charge in [0.05, 0.1) is 12.7 Å². The molecule has 0 aromatic carbocycles. The van der Waals surface area contributed by atoms with Gasteiger partial charge in [-0.05, 0) is 19.9 Å². The molecule has 0 fully saturated rings. The van der Waals surface area contributed by atoms with Crippen molar-refractivity contribution in [3.05, 3.63) is 17.7 Å². The topological polar surface area (TPSA) is 46.9 Å². The highest BCUT2D eigenvalue weighted by molar-refractivity contribution is 5.96. The Morgan fingerprint density at radius 1 is 1.73 bits per heavy atom. The third-order valence-corrected chi connectivity index (χ3v) is 2.97. The Bertz CT molecular complexity index is 370. The smallest absolute Gasteiger partial charge is 0.194 e. The minimum absolute atomic E-state index is 0.130. The Balaban J connectivity index is 2.30. The summed E-state index contributed by atoms with van der Waals surface area (Å²) >= 11 is 0. The van der Waals surface area contributed by atoms with E-state index in [0.29, 0.717) is 12.5 Å². The molecule has 0 spiro atoms.